The molecular formula is C18H20N4OS. The largest absolute Gasteiger partial charge is 0.334 e. The summed E-state index contributed by atoms with van der Waals surface area (Å²) in [5.74, 6) is 0.481. The van der Waals surface area contributed by atoms with Crippen LogP contribution in [0.1, 0.15) is 29.8 Å². The first-order valence-corrected chi connectivity index (χ1v) is 8.83. The Kier molecular flexibility index (Phi) is 5.05. The number of hydrogen-bond donors (Lipinski definition) is 0. The van der Waals surface area contributed by atoms with Crippen LogP contribution in [0.15, 0.2) is 53.7 Å². The Morgan fingerprint density at radius 2 is 1.88 bits per heavy atom. The Balaban J connectivity index is 1.78. The maximum absolute atomic E-state index is 12.9. The molecule has 0 aliphatic carbocycles. The van der Waals surface area contributed by atoms with Gasteiger partial charge in [-0.05, 0) is 52.6 Å². The van der Waals surface area contributed by atoms with Crippen LogP contribution < -0.4 is 0 Å². The van der Waals surface area contributed by atoms with Gasteiger partial charge in [-0.1, -0.05) is 13.8 Å². The molecule has 0 spiro atoms. The van der Waals surface area contributed by atoms with Gasteiger partial charge in [0.15, 0.2) is 0 Å². The standard InChI is InChI=1S/C18H20N4OS/c1-14(2)9-21(10-15-7-8-24-11-15)18(23)16-3-5-17(6-4-16)22-12-19-20-13-22/h3-8,11-14H,9-10H2,1-2H3. The van der Waals surface area contributed by atoms with Crippen molar-refractivity contribution in [3.63, 3.8) is 0 Å². The second-order valence-electron chi connectivity index (χ2n) is 6.13. The van der Waals surface area contributed by atoms with Crippen LogP contribution in [-0.2, 0) is 6.54 Å². The van der Waals surface area contributed by atoms with Crippen molar-refractivity contribution < 1.29 is 4.79 Å². The van der Waals surface area contributed by atoms with Crippen LogP contribution in [0.3, 0.4) is 0 Å². The van der Waals surface area contributed by atoms with E-state index in [2.05, 4.69) is 35.5 Å². The Labute approximate surface area is 145 Å². The summed E-state index contributed by atoms with van der Waals surface area (Å²) in [4.78, 5) is 14.8. The molecular weight excluding hydrogens is 320 g/mol. The molecule has 0 radical (unpaired) electrons. The SMILES string of the molecule is CC(C)CN(Cc1ccsc1)C(=O)c1ccc(-n2cnnc2)cc1. The van der Waals surface area contributed by atoms with Gasteiger partial charge < -0.3 is 4.90 Å². The molecule has 0 atom stereocenters. The second kappa shape index (κ2) is 7.40. The zero-order valence-corrected chi connectivity index (χ0v) is 14.6. The predicted molar refractivity (Wildman–Crippen MR) is 95.3 cm³/mol. The molecule has 0 unspecified atom stereocenters. The van der Waals surface area contributed by atoms with Crippen LogP contribution >= 0.6 is 11.3 Å². The highest BCUT2D eigenvalue weighted by molar-refractivity contribution is 7.07. The molecule has 2 aromatic heterocycles. The van der Waals surface area contributed by atoms with Crippen molar-refractivity contribution in [1.82, 2.24) is 19.7 Å². The van der Waals surface area contributed by atoms with Crippen LogP contribution in [0.2, 0.25) is 0 Å². The fraction of sp³-hybridized carbons (Fsp3) is 0.278. The lowest BCUT2D eigenvalue weighted by molar-refractivity contribution is 0.0723. The molecule has 0 N–H and O–H groups in total. The zero-order valence-electron chi connectivity index (χ0n) is 13.8. The Hall–Kier alpha value is -2.47. The van der Waals surface area contributed by atoms with E-state index in [1.807, 2.05) is 39.1 Å². The average molecular weight is 340 g/mol. The molecule has 24 heavy (non-hydrogen) atoms. The summed E-state index contributed by atoms with van der Waals surface area (Å²) in [5, 5.41) is 11.7. The van der Waals surface area contributed by atoms with E-state index >= 15 is 0 Å². The van der Waals surface area contributed by atoms with E-state index in [9.17, 15) is 4.79 Å². The second-order valence-corrected chi connectivity index (χ2v) is 6.91. The number of carbonyl (C=O) groups is 1. The van der Waals surface area contributed by atoms with Gasteiger partial charge >= 0.3 is 0 Å². The summed E-state index contributed by atoms with van der Waals surface area (Å²) >= 11 is 1.66. The van der Waals surface area contributed by atoms with Gasteiger partial charge in [0, 0.05) is 24.3 Å². The van der Waals surface area contributed by atoms with Gasteiger partial charge in [0.05, 0.1) is 0 Å². The summed E-state index contributed by atoms with van der Waals surface area (Å²) in [5.41, 5.74) is 2.81. The molecule has 3 aromatic rings. The molecule has 0 saturated heterocycles. The van der Waals surface area contributed by atoms with Crippen molar-refractivity contribution in [3.8, 4) is 5.69 Å². The summed E-state index contributed by atoms with van der Waals surface area (Å²) in [7, 11) is 0. The highest BCUT2D eigenvalue weighted by Crippen LogP contribution is 2.16. The summed E-state index contributed by atoms with van der Waals surface area (Å²) in [6.45, 7) is 5.64. The predicted octanol–water partition coefficient (Wildman–Crippen LogP) is 3.63. The van der Waals surface area contributed by atoms with Gasteiger partial charge in [-0.25, -0.2) is 0 Å². The normalized spacial score (nSPS) is 11.0. The van der Waals surface area contributed by atoms with Gasteiger partial charge in [-0.15, -0.1) is 10.2 Å². The number of benzene rings is 1. The fourth-order valence-corrected chi connectivity index (χ4v) is 3.22. The van der Waals surface area contributed by atoms with Crippen molar-refractivity contribution in [2.75, 3.05) is 6.54 Å². The molecule has 0 aliphatic heterocycles. The van der Waals surface area contributed by atoms with Gasteiger partial charge in [0.1, 0.15) is 12.7 Å². The number of hydrogen-bond acceptors (Lipinski definition) is 4. The fourth-order valence-electron chi connectivity index (χ4n) is 2.56. The number of thiophene rings is 1. The van der Waals surface area contributed by atoms with Gasteiger partial charge in [0.2, 0.25) is 0 Å². The van der Waals surface area contributed by atoms with E-state index in [1.165, 1.54) is 5.56 Å². The van der Waals surface area contributed by atoms with E-state index in [0.29, 0.717) is 18.0 Å². The molecule has 0 fully saturated rings. The minimum absolute atomic E-state index is 0.0604. The van der Waals surface area contributed by atoms with Crippen LogP contribution in [0.25, 0.3) is 5.69 Å². The highest BCUT2D eigenvalue weighted by Gasteiger charge is 2.17. The molecule has 5 nitrogen and oxygen atoms in total. The number of nitrogens with zero attached hydrogens (tertiary/aromatic N) is 4. The van der Waals surface area contributed by atoms with E-state index in [0.717, 1.165) is 12.2 Å². The average Bonchev–Trinajstić information content (AvgIpc) is 3.27. The number of rotatable bonds is 6. The molecule has 2 heterocycles. The third-order valence-electron chi connectivity index (χ3n) is 3.66. The third-order valence-corrected chi connectivity index (χ3v) is 4.39. The monoisotopic (exact) mass is 340 g/mol. The van der Waals surface area contributed by atoms with Crippen molar-refractivity contribution in [1.29, 1.82) is 0 Å². The molecule has 0 saturated carbocycles. The Morgan fingerprint density at radius 1 is 1.17 bits per heavy atom. The molecule has 1 aromatic carbocycles. The summed E-state index contributed by atoms with van der Waals surface area (Å²) in [6.07, 6.45) is 3.27. The maximum Gasteiger partial charge on any atom is 0.254 e. The van der Waals surface area contributed by atoms with E-state index in [1.54, 1.807) is 24.0 Å². The first kappa shape index (κ1) is 16.4. The maximum atomic E-state index is 12.9. The first-order valence-electron chi connectivity index (χ1n) is 7.89. The van der Waals surface area contributed by atoms with Crippen LogP contribution in [0.5, 0.6) is 0 Å². The van der Waals surface area contributed by atoms with Crippen LogP contribution in [0, 0.1) is 5.92 Å². The van der Waals surface area contributed by atoms with Crippen LogP contribution in [-0.4, -0.2) is 32.1 Å². The lowest BCUT2D eigenvalue weighted by Gasteiger charge is -2.24. The number of aromatic nitrogens is 3. The van der Waals surface area contributed by atoms with Crippen LogP contribution in [0.4, 0.5) is 0 Å². The Bertz CT molecular complexity index is 764. The van der Waals surface area contributed by atoms with Gasteiger partial charge in [-0.2, -0.15) is 11.3 Å². The van der Waals surface area contributed by atoms with Gasteiger partial charge in [0.25, 0.3) is 5.91 Å². The molecule has 124 valence electrons. The minimum atomic E-state index is 0.0604. The summed E-state index contributed by atoms with van der Waals surface area (Å²) < 4.78 is 1.81. The molecule has 0 bridgehead atoms. The molecule has 3 rings (SSSR count). The van der Waals surface area contributed by atoms with E-state index in [-0.39, 0.29) is 5.91 Å². The number of amides is 1. The quantitative estimate of drug-likeness (QED) is 0.688. The number of carbonyl (C=O) groups excluding carboxylic acids is 1. The van der Waals surface area contributed by atoms with E-state index in [4.69, 9.17) is 0 Å². The Morgan fingerprint density at radius 3 is 2.46 bits per heavy atom. The zero-order chi connectivity index (χ0) is 16.9. The molecule has 6 heteroatoms. The van der Waals surface area contributed by atoms with Crippen molar-refractivity contribution >= 4 is 17.2 Å². The third kappa shape index (κ3) is 3.89. The van der Waals surface area contributed by atoms with Crippen molar-refractivity contribution in [2.45, 2.75) is 20.4 Å². The van der Waals surface area contributed by atoms with Crippen molar-refractivity contribution in [3.05, 3.63) is 64.9 Å². The minimum Gasteiger partial charge on any atom is -0.334 e. The summed E-state index contributed by atoms with van der Waals surface area (Å²) in [6, 6.07) is 9.61. The molecule has 1 amide bonds. The smallest absolute Gasteiger partial charge is 0.254 e. The lowest BCUT2D eigenvalue weighted by atomic mass is 10.1. The lowest BCUT2D eigenvalue weighted by Crippen LogP contribution is -2.33. The highest BCUT2D eigenvalue weighted by atomic mass is 32.1. The topological polar surface area (TPSA) is 51.0 Å². The van der Waals surface area contributed by atoms with E-state index < -0.39 is 0 Å². The van der Waals surface area contributed by atoms with Gasteiger partial charge in [-0.3, -0.25) is 9.36 Å². The first-order chi connectivity index (χ1) is 11.6. The molecule has 0 aliphatic rings. The van der Waals surface area contributed by atoms with Crippen molar-refractivity contribution in [2.24, 2.45) is 5.92 Å².